The number of piperazine rings is 1. The Hall–Kier alpha value is -6.72. The third-order valence-corrected chi connectivity index (χ3v) is 11.2. The number of amides is 6. The van der Waals surface area contributed by atoms with Gasteiger partial charge in [0.05, 0.1) is 35.7 Å². The Morgan fingerprint density at radius 2 is 1.81 bits per heavy atom. The number of hydrogen-bond donors (Lipinski definition) is 3. The van der Waals surface area contributed by atoms with Crippen LogP contribution in [0.25, 0.3) is 17.2 Å². The van der Waals surface area contributed by atoms with Crippen LogP contribution in [0.15, 0.2) is 53.4 Å². The Bertz CT molecular complexity index is 2450. The van der Waals surface area contributed by atoms with E-state index in [4.69, 9.17) is 4.52 Å². The van der Waals surface area contributed by atoms with Crippen molar-refractivity contribution in [2.45, 2.75) is 76.8 Å². The topological polar surface area (TPSA) is 213 Å². The number of piperidine rings is 1. The fraction of sp³-hybridized carbons (Fsp3) is 0.400. The van der Waals surface area contributed by atoms with E-state index in [0.717, 1.165) is 41.0 Å². The van der Waals surface area contributed by atoms with E-state index in [1.807, 2.05) is 36.1 Å². The highest BCUT2D eigenvalue weighted by Crippen LogP contribution is 2.43. The van der Waals surface area contributed by atoms with E-state index in [1.165, 1.54) is 0 Å². The molecule has 5 aromatic rings. The predicted molar refractivity (Wildman–Crippen MR) is 209 cm³/mol. The highest BCUT2D eigenvalue weighted by molar-refractivity contribution is 6.05. The molecule has 0 spiro atoms. The van der Waals surface area contributed by atoms with Gasteiger partial charge in [-0.3, -0.25) is 29.5 Å². The maximum Gasteiger partial charge on any atom is 0.323 e. The number of imide groups is 1. The van der Waals surface area contributed by atoms with Crippen molar-refractivity contribution in [3.8, 4) is 11.5 Å². The molecule has 0 radical (unpaired) electrons. The molecule has 1 unspecified atom stereocenters. The largest absolute Gasteiger partial charge is 0.368 e. The molecule has 4 aromatic heterocycles. The number of nitrogens with zero attached hydrogens (tertiary/aromatic N) is 9. The Balaban J connectivity index is 0.716. The summed E-state index contributed by atoms with van der Waals surface area (Å²) in [6.45, 7) is 4.71. The van der Waals surface area contributed by atoms with Gasteiger partial charge < -0.3 is 29.9 Å². The van der Waals surface area contributed by atoms with Crippen LogP contribution < -0.4 is 20.9 Å². The third-order valence-electron chi connectivity index (χ3n) is 11.2. The number of carbonyl (C=O) groups excluding carboxylic acids is 5. The van der Waals surface area contributed by atoms with Gasteiger partial charge >= 0.3 is 6.03 Å². The molecule has 18 nitrogen and oxygen atoms in total. The zero-order chi connectivity index (χ0) is 39.9. The molecule has 9 rings (SSSR count). The first-order valence-corrected chi connectivity index (χ1v) is 19.7. The molecule has 1 saturated carbocycles. The van der Waals surface area contributed by atoms with Crippen LogP contribution in [0.4, 0.5) is 21.9 Å². The number of hydrogen-bond acceptors (Lipinski definition) is 12. The number of benzene rings is 1. The van der Waals surface area contributed by atoms with Crippen LogP contribution >= 0.6 is 0 Å². The molecule has 1 atom stereocenters. The average Bonchev–Trinajstić information content (AvgIpc) is 3.58. The minimum atomic E-state index is -0.646. The molecular formula is C40H42N12O6. The lowest BCUT2D eigenvalue weighted by molar-refractivity contribution is -0.137. The molecule has 3 fully saturated rings. The van der Waals surface area contributed by atoms with Gasteiger partial charge in [0, 0.05) is 75.2 Å². The van der Waals surface area contributed by atoms with Crippen molar-refractivity contribution in [1.82, 2.24) is 44.8 Å². The van der Waals surface area contributed by atoms with Crippen LogP contribution in [0, 0.1) is 6.92 Å². The van der Waals surface area contributed by atoms with Crippen molar-refractivity contribution < 1.29 is 28.5 Å². The summed E-state index contributed by atoms with van der Waals surface area (Å²) in [6, 6.07) is 8.30. The maximum atomic E-state index is 13.1. The minimum absolute atomic E-state index is 0.103. The van der Waals surface area contributed by atoms with E-state index in [-0.39, 0.29) is 24.1 Å². The van der Waals surface area contributed by atoms with Gasteiger partial charge in [0.15, 0.2) is 5.65 Å². The van der Waals surface area contributed by atoms with Gasteiger partial charge in [-0.05, 0) is 74.4 Å². The summed E-state index contributed by atoms with van der Waals surface area (Å²) in [7, 11) is 0. The summed E-state index contributed by atoms with van der Waals surface area (Å²) in [4.78, 5) is 82.2. The number of anilines is 3. The smallest absolute Gasteiger partial charge is 0.323 e. The van der Waals surface area contributed by atoms with Gasteiger partial charge in [-0.15, -0.1) is 0 Å². The molecule has 3 N–H and O–H groups in total. The fourth-order valence-electron chi connectivity index (χ4n) is 8.03. The maximum absolute atomic E-state index is 13.1. The average molecular weight is 787 g/mol. The van der Waals surface area contributed by atoms with Gasteiger partial charge in [0.1, 0.15) is 11.7 Å². The highest BCUT2D eigenvalue weighted by atomic mass is 16.5. The normalized spacial score (nSPS) is 18.1. The van der Waals surface area contributed by atoms with E-state index < -0.39 is 18.0 Å². The fourth-order valence-corrected chi connectivity index (χ4v) is 8.03. The van der Waals surface area contributed by atoms with Gasteiger partial charge in [0.2, 0.25) is 29.4 Å². The van der Waals surface area contributed by atoms with Gasteiger partial charge in [0.25, 0.3) is 5.91 Å². The number of unbranched alkanes of at least 4 members (excludes halogenated alkanes) is 1. The summed E-state index contributed by atoms with van der Waals surface area (Å²) in [5.41, 5.74) is 6.54. The Morgan fingerprint density at radius 3 is 2.60 bits per heavy atom. The summed E-state index contributed by atoms with van der Waals surface area (Å²) < 4.78 is 7.29. The van der Waals surface area contributed by atoms with Crippen molar-refractivity contribution in [3.63, 3.8) is 0 Å². The van der Waals surface area contributed by atoms with E-state index in [1.54, 1.807) is 34.1 Å². The van der Waals surface area contributed by atoms with E-state index in [2.05, 4.69) is 46.1 Å². The van der Waals surface area contributed by atoms with E-state index >= 15 is 0 Å². The van der Waals surface area contributed by atoms with Gasteiger partial charge in [-0.2, -0.15) is 10.1 Å². The summed E-state index contributed by atoms with van der Waals surface area (Å²) in [5, 5.41) is 16.6. The first-order valence-electron chi connectivity index (χ1n) is 19.7. The Morgan fingerprint density at radius 1 is 0.966 bits per heavy atom. The molecular weight excluding hydrogens is 745 g/mol. The second-order valence-corrected chi connectivity index (χ2v) is 15.2. The van der Waals surface area contributed by atoms with Crippen molar-refractivity contribution in [2.24, 2.45) is 0 Å². The number of fused-ring (bicyclic) bond motifs is 2. The van der Waals surface area contributed by atoms with Crippen LogP contribution in [0.1, 0.15) is 83.9 Å². The Labute approximate surface area is 332 Å². The van der Waals surface area contributed by atoms with Crippen molar-refractivity contribution in [3.05, 3.63) is 77.2 Å². The monoisotopic (exact) mass is 786 g/mol. The second kappa shape index (κ2) is 15.3. The lowest BCUT2D eigenvalue weighted by atomic mass is 10.0. The molecule has 3 aliphatic heterocycles. The zero-order valence-electron chi connectivity index (χ0n) is 31.9. The first kappa shape index (κ1) is 36.9. The number of aromatic nitrogens is 6. The molecule has 6 amide bonds. The molecule has 2 saturated heterocycles. The van der Waals surface area contributed by atoms with Crippen molar-refractivity contribution in [2.75, 3.05) is 41.7 Å². The molecule has 4 aliphatic rings. The number of nitrogens with one attached hydrogen (secondary N) is 3. The summed E-state index contributed by atoms with van der Waals surface area (Å²) in [5.74, 6) is 0.332. The van der Waals surface area contributed by atoms with Crippen LogP contribution in [0.2, 0.25) is 0 Å². The SMILES string of the molecule is Cc1cc(NC(=O)Nc2cnc3ccnn3c2C2CC2)cnc1-c1noc(CCCCC(=O)N2CCN(c3ccc4c(c3)CN(C3CCC(=O)NC3=O)C4=O)CC2)n1. The third kappa shape index (κ3) is 7.44. The molecule has 7 heterocycles. The molecule has 298 valence electrons. The van der Waals surface area contributed by atoms with Crippen molar-refractivity contribution >= 4 is 52.4 Å². The summed E-state index contributed by atoms with van der Waals surface area (Å²) >= 11 is 0. The lowest BCUT2D eigenvalue weighted by Crippen LogP contribution is -2.52. The molecule has 1 aliphatic carbocycles. The van der Waals surface area contributed by atoms with Gasteiger partial charge in [-0.25, -0.2) is 14.3 Å². The van der Waals surface area contributed by atoms with Crippen LogP contribution in [0.5, 0.6) is 0 Å². The lowest BCUT2D eigenvalue weighted by Gasteiger charge is -2.36. The van der Waals surface area contributed by atoms with Crippen molar-refractivity contribution in [1.29, 1.82) is 0 Å². The van der Waals surface area contributed by atoms with Crippen LogP contribution in [-0.2, 0) is 27.3 Å². The number of aryl methyl sites for hydroxylation is 2. The summed E-state index contributed by atoms with van der Waals surface area (Å²) in [6.07, 6.45) is 9.85. The number of rotatable bonds is 11. The zero-order valence-corrected chi connectivity index (χ0v) is 31.9. The van der Waals surface area contributed by atoms with Gasteiger partial charge in [-0.1, -0.05) is 5.16 Å². The Kier molecular flexibility index (Phi) is 9.74. The molecule has 1 aromatic carbocycles. The number of pyridine rings is 1. The first-order chi connectivity index (χ1) is 28.2. The van der Waals surface area contributed by atoms with Crippen LogP contribution in [-0.4, -0.2) is 101 Å². The second-order valence-electron chi connectivity index (χ2n) is 15.2. The molecule has 0 bridgehead atoms. The molecule has 58 heavy (non-hydrogen) atoms. The van der Waals surface area contributed by atoms with E-state index in [0.29, 0.717) is 105 Å². The quantitative estimate of drug-likeness (QED) is 0.129. The number of urea groups is 1. The highest BCUT2D eigenvalue weighted by Gasteiger charge is 2.39. The minimum Gasteiger partial charge on any atom is -0.368 e. The van der Waals surface area contributed by atoms with Crippen LogP contribution in [0.3, 0.4) is 0 Å². The molecule has 18 heteroatoms. The predicted octanol–water partition coefficient (Wildman–Crippen LogP) is 3.83. The standard InChI is InChI=1S/C40H42N12O6/c1-23-18-26(44-40(57)45-29-21-41-31-12-13-43-52(31)36(29)24-6-7-24)20-42-35(23)37-47-33(58-48-37)4-2-3-5-34(54)50-16-14-49(15-17-50)27-8-9-28-25(19-27)22-51(39(28)56)30-10-11-32(53)46-38(30)55/h8-9,12-13,18-21,24,30H,2-7,10-11,14-17,22H2,1H3,(H2,44,45,57)(H,46,53,55). The van der Waals surface area contributed by atoms with E-state index in [9.17, 15) is 24.0 Å². The number of carbonyl (C=O) groups is 5.